The van der Waals surface area contributed by atoms with Gasteiger partial charge in [0.2, 0.25) is 0 Å². The van der Waals surface area contributed by atoms with Crippen molar-refractivity contribution in [1.29, 1.82) is 0 Å². The van der Waals surface area contributed by atoms with Gasteiger partial charge in [-0.05, 0) is 42.7 Å². The highest BCUT2D eigenvalue weighted by Gasteiger charge is 2.45. The molecule has 3 aliphatic rings. The van der Waals surface area contributed by atoms with E-state index in [-0.39, 0.29) is 35.2 Å². The maximum Gasteiger partial charge on any atom is 0.387 e. The number of aliphatic hydroxyl groups is 1. The predicted octanol–water partition coefficient (Wildman–Crippen LogP) is 2.88. The fourth-order valence-corrected chi connectivity index (χ4v) is 7.71. The number of ether oxygens (including phenoxy) is 1. The van der Waals surface area contributed by atoms with Crippen LogP contribution in [0.25, 0.3) is 22.2 Å². The number of imidazole rings is 1. The Labute approximate surface area is 220 Å². The van der Waals surface area contributed by atoms with Crippen LogP contribution in [0.15, 0.2) is 48.8 Å². The number of hydrogen-bond acceptors (Lipinski definition) is 8. The summed E-state index contributed by atoms with van der Waals surface area (Å²) >= 11 is 0. The first kappa shape index (κ1) is 24.1. The van der Waals surface area contributed by atoms with Gasteiger partial charge < -0.3 is 19.7 Å². The lowest BCUT2D eigenvalue weighted by molar-refractivity contribution is -0.0507. The van der Waals surface area contributed by atoms with E-state index in [1.807, 2.05) is 22.8 Å². The van der Waals surface area contributed by atoms with Crippen molar-refractivity contribution in [3.63, 3.8) is 0 Å². The number of carbonyl (C=O) groups is 1. The number of fused-ring (bicyclic) bond motifs is 9. The molecule has 10 nitrogen and oxygen atoms in total. The van der Waals surface area contributed by atoms with Crippen LogP contribution in [0.3, 0.4) is 0 Å². The fourth-order valence-electron chi connectivity index (χ4n) is 5.92. The van der Waals surface area contributed by atoms with Gasteiger partial charge in [0.15, 0.2) is 15.7 Å². The van der Waals surface area contributed by atoms with Gasteiger partial charge in [-0.2, -0.15) is 8.78 Å². The van der Waals surface area contributed by atoms with Gasteiger partial charge in [-0.3, -0.25) is 4.79 Å². The van der Waals surface area contributed by atoms with Gasteiger partial charge in [0.1, 0.15) is 17.2 Å². The molecule has 4 aromatic rings. The van der Waals surface area contributed by atoms with Crippen LogP contribution in [0, 0.1) is 0 Å². The van der Waals surface area contributed by atoms with Gasteiger partial charge >= 0.3 is 6.61 Å². The lowest BCUT2D eigenvalue weighted by Gasteiger charge is -2.21. The Morgan fingerprint density at radius 2 is 1.95 bits per heavy atom. The highest BCUT2D eigenvalue weighted by Crippen LogP contribution is 2.47. The number of sulfone groups is 1. The topological polar surface area (TPSA) is 136 Å². The molecule has 7 rings (SSSR count). The van der Waals surface area contributed by atoms with Gasteiger partial charge in [-0.25, -0.2) is 23.4 Å². The molecule has 3 unspecified atom stereocenters. The summed E-state index contributed by atoms with van der Waals surface area (Å²) in [6.45, 7) is -3.05. The highest BCUT2D eigenvalue weighted by molar-refractivity contribution is 7.91. The van der Waals surface area contributed by atoms with Crippen molar-refractivity contribution in [2.24, 2.45) is 0 Å². The van der Waals surface area contributed by atoms with Crippen molar-refractivity contribution in [1.82, 2.24) is 24.8 Å². The molecule has 0 spiro atoms. The van der Waals surface area contributed by atoms with Gasteiger partial charge in [0.25, 0.3) is 5.91 Å². The smallest absolute Gasteiger partial charge is 0.387 e. The number of amides is 1. The second-order valence-corrected chi connectivity index (χ2v) is 12.3. The Morgan fingerprint density at radius 1 is 1.15 bits per heavy atom. The molecule has 3 atom stereocenters. The molecule has 13 heteroatoms. The molecule has 39 heavy (non-hydrogen) atoms. The number of alkyl halides is 2. The van der Waals surface area contributed by atoms with Gasteiger partial charge in [0, 0.05) is 29.1 Å². The molecule has 5 heterocycles. The van der Waals surface area contributed by atoms with E-state index in [0.717, 1.165) is 11.1 Å². The van der Waals surface area contributed by atoms with Crippen molar-refractivity contribution in [3.05, 3.63) is 71.6 Å². The molecular formula is C26H21F2N5O5S. The largest absolute Gasteiger partial charge is 0.434 e. The van der Waals surface area contributed by atoms with Crippen molar-refractivity contribution in [2.45, 2.75) is 37.1 Å². The predicted molar refractivity (Wildman–Crippen MR) is 134 cm³/mol. The third-order valence-corrected chi connectivity index (χ3v) is 9.39. The molecule has 200 valence electrons. The van der Waals surface area contributed by atoms with E-state index in [1.54, 1.807) is 6.07 Å². The minimum Gasteiger partial charge on any atom is -0.434 e. The molecule has 1 saturated heterocycles. The van der Waals surface area contributed by atoms with Crippen LogP contribution in [0.4, 0.5) is 8.78 Å². The monoisotopic (exact) mass is 553 g/mol. The van der Waals surface area contributed by atoms with Crippen LogP contribution in [-0.2, 0) is 15.4 Å². The molecule has 0 aliphatic carbocycles. The summed E-state index contributed by atoms with van der Waals surface area (Å²) in [5.74, 6) is -0.273. The van der Waals surface area contributed by atoms with Gasteiger partial charge in [-0.15, -0.1) is 0 Å². The summed E-state index contributed by atoms with van der Waals surface area (Å²) < 4.78 is 57.0. The van der Waals surface area contributed by atoms with Crippen LogP contribution in [0.2, 0.25) is 0 Å². The standard InChI is InChI=1S/C26H21F2N5O5S/c27-25(28)38-20-3-1-2-15-21(20)19-9-17(32-23(15)34)22-31-16-5-4-13(8-18(16)33(19)22)14-10-29-24(30-11-14)26(35)6-7-39(36,37)12-26/h1-5,8,10-11,17,19,25,35H,6-7,9,12H2,(H,32,34). The number of nitrogens with one attached hydrogen (secondary N) is 1. The Kier molecular flexibility index (Phi) is 5.11. The van der Waals surface area contributed by atoms with E-state index in [9.17, 15) is 27.1 Å². The zero-order chi connectivity index (χ0) is 27.1. The van der Waals surface area contributed by atoms with Crippen LogP contribution in [-0.4, -0.2) is 57.1 Å². The van der Waals surface area contributed by atoms with Crippen LogP contribution in [0.5, 0.6) is 5.75 Å². The fraction of sp³-hybridized carbons (Fsp3) is 0.308. The van der Waals surface area contributed by atoms with Crippen LogP contribution in [0.1, 0.15) is 52.5 Å². The Bertz CT molecular complexity index is 1780. The quantitative estimate of drug-likeness (QED) is 0.394. The summed E-state index contributed by atoms with van der Waals surface area (Å²) in [6.07, 6.45) is 3.53. The molecule has 0 radical (unpaired) electrons. The van der Waals surface area contributed by atoms with Gasteiger partial charge in [0.05, 0.1) is 34.6 Å². The minimum absolute atomic E-state index is 0.0421. The normalized spacial score (nSPS) is 24.9. The van der Waals surface area contributed by atoms with E-state index in [4.69, 9.17) is 9.72 Å². The molecule has 2 aromatic carbocycles. The Morgan fingerprint density at radius 3 is 2.67 bits per heavy atom. The lowest BCUT2D eigenvalue weighted by atomic mass is 9.97. The molecule has 1 amide bonds. The van der Waals surface area contributed by atoms with E-state index in [2.05, 4.69) is 15.3 Å². The zero-order valence-corrected chi connectivity index (χ0v) is 21.0. The van der Waals surface area contributed by atoms with Crippen molar-refractivity contribution >= 4 is 26.8 Å². The first-order valence-corrected chi connectivity index (χ1v) is 14.1. The summed E-state index contributed by atoms with van der Waals surface area (Å²) in [6, 6.07) is 9.20. The zero-order valence-electron chi connectivity index (χ0n) is 20.2. The average Bonchev–Trinajstić information content (AvgIpc) is 3.50. The number of carbonyl (C=O) groups excluding carboxylic acids is 1. The number of hydrogen-bond donors (Lipinski definition) is 2. The summed E-state index contributed by atoms with van der Waals surface area (Å²) in [4.78, 5) is 26.2. The van der Waals surface area contributed by atoms with Crippen LogP contribution < -0.4 is 10.1 Å². The third-order valence-electron chi connectivity index (χ3n) is 7.65. The van der Waals surface area contributed by atoms with E-state index >= 15 is 0 Å². The van der Waals surface area contributed by atoms with Crippen molar-refractivity contribution < 1.29 is 31.8 Å². The highest BCUT2D eigenvalue weighted by atomic mass is 32.2. The Balaban J connectivity index is 1.31. The Hall–Kier alpha value is -3.97. The minimum atomic E-state index is -3.35. The maximum absolute atomic E-state index is 13.2. The lowest BCUT2D eigenvalue weighted by Crippen LogP contribution is -2.29. The molecule has 2 bridgehead atoms. The number of halogens is 2. The average molecular weight is 554 g/mol. The van der Waals surface area contributed by atoms with E-state index < -0.39 is 39.9 Å². The molecule has 1 fully saturated rings. The van der Waals surface area contributed by atoms with Crippen molar-refractivity contribution in [2.75, 3.05) is 11.5 Å². The number of aromatic nitrogens is 4. The summed E-state index contributed by atoms with van der Waals surface area (Å²) in [5, 5.41) is 13.7. The SMILES string of the molecule is O=C1NC2CC(c3c(OC(F)F)cccc31)n1c2nc2ccc(-c3cnc(C4(O)CCS(=O)(=O)C4)nc3)cc21. The second kappa shape index (κ2) is 8.26. The van der Waals surface area contributed by atoms with Crippen LogP contribution >= 0.6 is 0 Å². The first-order chi connectivity index (χ1) is 18.6. The molecule has 2 aromatic heterocycles. The molecular weight excluding hydrogens is 532 g/mol. The number of nitrogens with zero attached hydrogens (tertiary/aromatic N) is 4. The molecule has 2 N–H and O–H groups in total. The second-order valence-electron chi connectivity index (χ2n) is 10.1. The number of benzene rings is 2. The molecule has 0 saturated carbocycles. The third kappa shape index (κ3) is 3.79. The first-order valence-electron chi connectivity index (χ1n) is 12.3. The van der Waals surface area contributed by atoms with E-state index in [0.29, 0.717) is 28.9 Å². The maximum atomic E-state index is 13.2. The molecule has 3 aliphatic heterocycles. The number of rotatable bonds is 4. The van der Waals surface area contributed by atoms with E-state index in [1.165, 1.54) is 24.5 Å². The summed E-state index contributed by atoms with van der Waals surface area (Å²) in [5.41, 5.74) is 1.82. The summed E-state index contributed by atoms with van der Waals surface area (Å²) in [7, 11) is -3.35. The van der Waals surface area contributed by atoms with Gasteiger partial charge in [-0.1, -0.05) is 12.1 Å². The van der Waals surface area contributed by atoms with Crippen molar-refractivity contribution in [3.8, 4) is 16.9 Å².